The zero-order chi connectivity index (χ0) is 20.1. The second-order valence-electron chi connectivity index (χ2n) is 6.75. The highest BCUT2D eigenvalue weighted by Gasteiger charge is 2.33. The van der Waals surface area contributed by atoms with E-state index >= 15 is 0 Å². The zero-order valence-corrected chi connectivity index (χ0v) is 16.1. The van der Waals surface area contributed by atoms with Crippen molar-refractivity contribution in [3.63, 3.8) is 0 Å². The number of aryl methyl sites for hydroxylation is 1. The monoisotopic (exact) mass is 398 g/mol. The molecule has 0 radical (unpaired) electrons. The number of para-hydroxylation sites is 1. The summed E-state index contributed by atoms with van der Waals surface area (Å²) in [5, 5.41) is 11.4. The Morgan fingerprint density at radius 1 is 1.14 bits per heavy atom. The highest BCUT2D eigenvalue weighted by molar-refractivity contribution is 7.81. The average Bonchev–Trinajstić information content (AvgIpc) is 2.81. The number of anilines is 1. The van der Waals surface area contributed by atoms with E-state index in [0.717, 1.165) is 11.1 Å². The molecule has 2 atom stereocenters. The van der Waals surface area contributed by atoms with Crippen LogP contribution in [0.3, 0.4) is 0 Å². The van der Waals surface area contributed by atoms with Gasteiger partial charge in [0.25, 0.3) is 0 Å². The third-order valence-corrected chi connectivity index (χ3v) is 5.15. The van der Waals surface area contributed by atoms with Gasteiger partial charge in [-0.3, -0.25) is 19.3 Å². The number of amides is 2. The van der Waals surface area contributed by atoms with Gasteiger partial charge < -0.3 is 10.4 Å². The number of rotatable bonds is 6. The Hall–Kier alpha value is -2.80. The minimum absolute atomic E-state index is 0.341. The maximum atomic E-state index is 13.0. The van der Waals surface area contributed by atoms with Gasteiger partial charge >= 0.3 is 5.97 Å². The molecule has 2 aromatic carbocycles. The molecule has 1 heterocycles. The van der Waals surface area contributed by atoms with Gasteiger partial charge in [-0.2, -0.15) is 12.6 Å². The van der Waals surface area contributed by atoms with Crippen molar-refractivity contribution in [3.8, 4) is 0 Å². The molecule has 3 rings (SSSR count). The first kappa shape index (κ1) is 19.9. The summed E-state index contributed by atoms with van der Waals surface area (Å²) in [6.07, 6.45) is 1.41. The zero-order valence-electron chi connectivity index (χ0n) is 15.2. The van der Waals surface area contributed by atoms with Crippen LogP contribution in [-0.4, -0.2) is 40.7 Å². The number of hydrogen-bond acceptors (Lipinski definition) is 4. The summed E-state index contributed by atoms with van der Waals surface area (Å²) in [5.74, 6) is -1.86. The standard InChI is InChI=1S/C21H22N2O4S/c24-19(25)13-23-17-9-5-4-8-15(17)10-11-16(21(23)27)22-20(26)18(28)12-14-6-2-1-3-7-14/h1-9,16,18,28H,10-13H2,(H,22,26)(H,24,25)/t16-,18+/m1/s1. The van der Waals surface area contributed by atoms with Crippen LogP contribution in [-0.2, 0) is 27.2 Å². The van der Waals surface area contributed by atoms with E-state index in [2.05, 4.69) is 17.9 Å². The molecule has 2 aromatic rings. The lowest BCUT2D eigenvalue weighted by molar-refractivity contribution is -0.137. The molecule has 0 saturated carbocycles. The van der Waals surface area contributed by atoms with Crippen LogP contribution in [0.5, 0.6) is 0 Å². The number of nitrogens with zero attached hydrogens (tertiary/aromatic N) is 1. The van der Waals surface area contributed by atoms with Crippen molar-refractivity contribution in [1.29, 1.82) is 0 Å². The first-order chi connectivity index (χ1) is 13.5. The van der Waals surface area contributed by atoms with Gasteiger partial charge in [0.2, 0.25) is 11.8 Å². The van der Waals surface area contributed by atoms with Gasteiger partial charge in [-0.05, 0) is 36.5 Å². The molecule has 1 aliphatic rings. The number of carboxylic acid groups (broad SMARTS) is 1. The fourth-order valence-electron chi connectivity index (χ4n) is 3.35. The summed E-state index contributed by atoms with van der Waals surface area (Å²) in [6, 6.07) is 16.0. The van der Waals surface area contributed by atoms with Crippen LogP contribution in [0, 0.1) is 0 Å². The number of fused-ring (bicyclic) bond motifs is 1. The molecular weight excluding hydrogens is 376 g/mol. The molecule has 2 amide bonds. The van der Waals surface area contributed by atoms with E-state index in [-0.39, 0.29) is 5.91 Å². The molecule has 7 heteroatoms. The minimum atomic E-state index is -1.11. The van der Waals surface area contributed by atoms with Gasteiger partial charge in [-0.15, -0.1) is 0 Å². The predicted octanol–water partition coefficient (Wildman–Crippen LogP) is 2.08. The summed E-state index contributed by atoms with van der Waals surface area (Å²) >= 11 is 4.39. The Balaban J connectivity index is 1.74. The van der Waals surface area contributed by atoms with Crippen LogP contribution in [0.25, 0.3) is 0 Å². The maximum Gasteiger partial charge on any atom is 0.323 e. The highest BCUT2D eigenvalue weighted by atomic mass is 32.1. The summed E-state index contributed by atoms with van der Waals surface area (Å²) in [6.45, 7) is -0.448. The SMILES string of the molecule is O=C(O)CN1C(=O)[C@H](NC(=O)[C@@H](S)Cc2ccccc2)CCc2ccccc21. The number of aliphatic carboxylic acids is 1. The third-order valence-electron chi connectivity index (χ3n) is 4.73. The van der Waals surface area contributed by atoms with Crippen LogP contribution in [0.4, 0.5) is 5.69 Å². The second-order valence-corrected chi connectivity index (χ2v) is 7.38. The van der Waals surface area contributed by atoms with Crippen LogP contribution in [0.15, 0.2) is 54.6 Å². The Labute approximate surface area is 169 Å². The molecule has 1 aliphatic heterocycles. The van der Waals surface area contributed by atoms with E-state index in [1.807, 2.05) is 42.5 Å². The number of carbonyl (C=O) groups is 3. The topological polar surface area (TPSA) is 86.7 Å². The van der Waals surface area contributed by atoms with E-state index in [1.54, 1.807) is 12.1 Å². The summed E-state index contributed by atoms with van der Waals surface area (Å²) in [4.78, 5) is 38.1. The lowest BCUT2D eigenvalue weighted by atomic mass is 10.1. The molecule has 0 fully saturated rings. The summed E-state index contributed by atoms with van der Waals surface area (Å²) in [5.41, 5.74) is 2.45. The van der Waals surface area contributed by atoms with Crippen LogP contribution in [0.1, 0.15) is 17.5 Å². The Kier molecular flexibility index (Phi) is 6.36. The number of hydrogen-bond donors (Lipinski definition) is 3. The second kappa shape index (κ2) is 8.93. The van der Waals surface area contributed by atoms with Gasteiger partial charge in [-0.25, -0.2) is 0 Å². The molecule has 0 aliphatic carbocycles. The number of thiol groups is 1. The van der Waals surface area contributed by atoms with E-state index < -0.39 is 29.7 Å². The number of carbonyl (C=O) groups excluding carboxylic acids is 2. The van der Waals surface area contributed by atoms with Crippen molar-refractivity contribution in [2.45, 2.75) is 30.6 Å². The van der Waals surface area contributed by atoms with Crippen LogP contribution < -0.4 is 10.2 Å². The molecule has 0 saturated heterocycles. The molecular formula is C21H22N2O4S. The molecule has 0 bridgehead atoms. The molecule has 0 unspecified atom stereocenters. The Morgan fingerprint density at radius 2 is 1.82 bits per heavy atom. The first-order valence-electron chi connectivity index (χ1n) is 9.09. The predicted molar refractivity (Wildman–Crippen MR) is 110 cm³/mol. The lowest BCUT2D eigenvalue weighted by Gasteiger charge is -2.25. The van der Waals surface area contributed by atoms with E-state index in [1.165, 1.54) is 4.90 Å². The molecule has 0 spiro atoms. The smallest absolute Gasteiger partial charge is 0.323 e. The summed E-state index contributed by atoms with van der Waals surface area (Å²) < 4.78 is 0. The van der Waals surface area contributed by atoms with Crippen molar-refractivity contribution in [1.82, 2.24) is 5.32 Å². The van der Waals surface area contributed by atoms with Gasteiger partial charge in [0.1, 0.15) is 12.6 Å². The quantitative estimate of drug-likeness (QED) is 0.650. The van der Waals surface area contributed by atoms with Crippen molar-refractivity contribution < 1.29 is 19.5 Å². The van der Waals surface area contributed by atoms with Crippen molar-refractivity contribution in [2.24, 2.45) is 0 Å². The fraction of sp³-hybridized carbons (Fsp3) is 0.286. The van der Waals surface area contributed by atoms with Gasteiger partial charge in [0.05, 0.1) is 5.25 Å². The third kappa shape index (κ3) is 4.72. The minimum Gasteiger partial charge on any atom is -0.480 e. The molecule has 0 aromatic heterocycles. The van der Waals surface area contributed by atoms with Gasteiger partial charge in [-0.1, -0.05) is 48.5 Å². The van der Waals surface area contributed by atoms with E-state index in [4.69, 9.17) is 0 Å². The molecule has 28 heavy (non-hydrogen) atoms. The van der Waals surface area contributed by atoms with Crippen molar-refractivity contribution in [2.75, 3.05) is 11.4 Å². The number of benzene rings is 2. The average molecular weight is 398 g/mol. The first-order valence-corrected chi connectivity index (χ1v) is 9.61. The lowest BCUT2D eigenvalue weighted by Crippen LogP contribution is -2.51. The van der Waals surface area contributed by atoms with E-state index in [0.29, 0.717) is 24.9 Å². The maximum absolute atomic E-state index is 13.0. The van der Waals surface area contributed by atoms with E-state index in [9.17, 15) is 19.5 Å². The number of nitrogens with one attached hydrogen (secondary N) is 1. The molecule has 146 valence electrons. The Bertz CT molecular complexity index is 872. The molecule has 6 nitrogen and oxygen atoms in total. The van der Waals surface area contributed by atoms with Crippen LogP contribution >= 0.6 is 12.6 Å². The van der Waals surface area contributed by atoms with Crippen molar-refractivity contribution >= 4 is 36.1 Å². The highest BCUT2D eigenvalue weighted by Crippen LogP contribution is 2.27. The summed E-state index contributed by atoms with van der Waals surface area (Å²) in [7, 11) is 0. The Morgan fingerprint density at radius 3 is 2.54 bits per heavy atom. The fourth-order valence-corrected chi connectivity index (χ4v) is 3.63. The normalized spacial score (nSPS) is 17.4. The van der Waals surface area contributed by atoms with Gasteiger partial charge in [0, 0.05) is 5.69 Å². The largest absolute Gasteiger partial charge is 0.480 e. The van der Waals surface area contributed by atoms with Crippen molar-refractivity contribution in [3.05, 3.63) is 65.7 Å². The van der Waals surface area contributed by atoms with Gasteiger partial charge in [0.15, 0.2) is 0 Å². The number of carboxylic acids is 1. The van der Waals surface area contributed by atoms with Crippen LogP contribution in [0.2, 0.25) is 0 Å². The molecule has 2 N–H and O–H groups in total.